The zero-order valence-electron chi connectivity index (χ0n) is 13.9. The number of rotatable bonds is 5. The average Bonchev–Trinajstić information content (AvgIpc) is 3.01. The van der Waals surface area contributed by atoms with Gasteiger partial charge in [0.15, 0.2) is 0 Å². The van der Waals surface area contributed by atoms with E-state index in [1.165, 1.54) is 12.1 Å². The minimum absolute atomic E-state index is 0.0321. The summed E-state index contributed by atoms with van der Waals surface area (Å²) in [7, 11) is -3.77. The molecule has 3 N–H and O–H groups in total. The molecule has 7 heteroatoms. The number of primary sulfonamides is 1. The van der Waals surface area contributed by atoms with E-state index < -0.39 is 10.0 Å². The highest BCUT2D eigenvalue weighted by molar-refractivity contribution is 7.89. The van der Waals surface area contributed by atoms with Crippen LogP contribution in [0.3, 0.4) is 0 Å². The minimum atomic E-state index is -3.77. The molecule has 25 heavy (non-hydrogen) atoms. The van der Waals surface area contributed by atoms with Gasteiger partial charge >= 0.3 is 0 Å². The summed E-state index contributed by atoms with van der Waals surface area (Å²) >= 11 is 0. The lowest BCUT2D eigenvalue weighted by molar-refractivity contribution is -0.121. The third kappa shape index (κ3) is 4.18. The number of benzene rings is 2. The standard InChI is InChI=1S/C18H20N2O4S/c1-12(14-3-2-4-16(11-14)25(19,22)23)20-18(21)10-13-5-6-17-15(9-13)7-8-24-17/h2-6,9,11-12H,7-8,10H2,1H3,(H,20,21)(H2,19,22,23). The number of fused-ring (bicyclic) bond motifs is 1. The number of amides is 1. The van der Waals surface area contributed by atoms with E-state index in [-0.39, 0.29) is 23.3 Å². The molecule has 0 spiro atoms. The number of carbonyl (C=O) groups is 1. The molecule has 1 aliphatic rings. The number of nitrogens with two attached hydrogens (primary N) is 1. The van der Waals surface area contributed by atoms with E-state index >= 15 is 0 Å². The van der Waals surface area contributed by atoms with Gasteiger partial charge in [0.2, 0.25) is 15.9 Å². The molecule has 0 aliphatic carbocycles. The summed E-state index contributed by atoms with van der Waals surface area (Å²) in [5.74, 6) is 0.754. The van der Waals surface area contributed by atoms with Gasteiger partial charge < -0.3 is 10.1 Å². The van der Waals surface area contributed by atoms with E-state index in [2.05, 4.69) is 5.32 Å². The highest BCUT2D eigenvalue weighted by atomic mass is 32.2. The monoisotopic (exact) mass is 360 g/mol. The summed E-state index contributed by atoms with van der Waals surface area (Å²) in [4.78, 5) is 12.3. The molecule has 1 unspecified atom stereocenters. The van der Waals surface area contributed by atoms with Gasteiger partial charge in [-0.1, -0.05) is 24.3 Å². The molecule has 0 radical (unpaired) electrons. The Kier molecular flexibility index (Phi) is 4.78. The largest absolute Gasteiger partial charge is 0.493 e. The molecular formula is C18H20N2O4S. The van der Waals surface area contributed by atoms with Gasteiger partial charge in [-0.3, -0.25) is 4.79 Å². The topological polar surface area (TPSA) is 98.5 Å². The summed E-state index contributed by atoms with van der Waals surface area (Å²) < 4.78 is 28.3. The summed E-state index contributed by atoms with van der Waals surface area (Å²) in [6.07, 6.45) is 1.12. The van der Waals surface area contributed by atoms with Crippen molar-refractivity contribution in [3.05, 3.63) is 59.2 Å². The summed E-state index contributed by atoms with van der Waals surface area (Å²) in [5.41, 5.74) is 2.73. The second kappa shape index (κ2) is 6.85. The van der Waals surface area contributed by atoms with Gasteiger partial charge in [-0.05, 0) is 41.8 Å². The fourth-order valence-electron chi connectivity index (χ4n) is 2.87. The minimum Gasteiger partial charge on any atom is -0.493 e. The van der Waals surface area contributed by atoms with Crippen LogP contribution in [0.5, 0.6) is 5.75 Å². The first-order chi connectivity index (χ1) is 11.8. The highest BCUT2D eigenvalue weighted by Crippen LogP contribution is 2.26. The molecule has 0 fully saturated rings. The van der Waals surface area contributed by atoms with Crippen LogP contribution in [0.4, 0.5) is 0 Å². The van der Waals surface area contributed by atoms with E-state index in [0.29, 0.717) is 12.2 Å². The molecule has 0 bridgehead atoms. The molecule has 0 saturated heterocycles. The third-order valence-corrected chi connectivity index (χ3v) is 5.09. The molecule has 3 rings (SSSR count). The smallest absolute Gasteiger partial charge is 0.238 e. The zero-order valence-corrected chi connectivity index (χ0v) is 14.7. The predicted octanol–water partition coefficient (Wildman–Crippen LogP) is 1.69. The van der Waals surface area contributed by atoms with Gasteiger partial charge in [-0.25, -0.2) is 13.6 Å². The van der Waals surface area contributed by atoms with Gasteiger partial charge in [0.1, 0.15) is 5.75 Å². The fraction of sp³-hybridized carbons (Fsp3) is 0.278. The van der Waals surface area contributed by atoms with Crippen LogP contribution in [-0.2, 0) is 27.7 Å². The number of ether oxygens (including phenoxy) is 1. The molecule has 1 aliphatic heterocycles. The van der Waals surface area contributed by atoms with E-state index in [4.69, 9.17) is 9.88 Å². The Bertz CT molecular complexity index is 909. The van der Waals surface area contributed by atoms with Crippen LogP contribution in [0.25, 0.3) is 0 Å². The van der Waals surface area contributed by atoms with Crippen molar-refractivity contribution in [1.29, 1.82) is 0 Å². The molecule has 1 atom stereocenters. The van der Waals surface area contributed by atoms with Gasteiger partial charge in [0.25, 0.3) is 0 Å². The van der Waals surface area contributed by atoms with Crippen molar-refractivity contribution in [3.8, 4) is 5.75 Å². The van der Waals surface area contributed by atoms with Crippen LogP contribution in [0.15, 0.2) is 47.4 Å². The first-order valence-corrected chi connectivity index (χ1v) is 9.54. The molecule has 132 valence electrons. The van der Waals surface area contributed by atoms with Crippen molar-refractivity contribution in [2.24, 2.45) is 5.14 Å². The molecule has 0 aromatic heterocycles. The van der Waals surface area contributed by atoms with Crippen LogP contribution in [-0.4, -0.2) is 20.9 Å². The zero-order chi connectivity index (χ0) is 18.0. The Morgan fingerprint density at radius 3 is 2.84 bits per heavy atom. The fourth-order valence-corrected chi connectivity index (χ4v) is 3.44. The molecule has 0 saturated carbocycles. The number of hydrogen-bond donors (Lipinski definition) is 2. The van der Waals surface area contributed by atoms with E-state index in [1.54, 1.807) is 19.1 Å². The number of sulfonamides is 1. The van der Waals surface area contributed by atoms with Crippen LogP contribution in [0, 0.1) is 0 Å². The molecule has 2 aromatic carbocycles. The van der Waals surface area contributed by atoms with Crippen molar-refractivity contribution in [2.45, 2.75) is 30.7 Å². The second-order valence-corrected chi connectivity index (χ2v) is 7.69. The quantitative estimate of drug-likeness (QED) is 0.848. The summed E-state index contributed by atoms with van der Waals surface area (Å²) in [5, 5.41) is 8.03. The Balaban J connectivity index is 1.66. The average molecular weight is 360 g/mol. The molecule has 2 aromatic rings. The van der Waals surface area contributed by atoms with Crippen LogP contribution in [0.2, 0.25) is 0 Å². The van der Waals surface area contributed by atoms with Gasteiger partial charge in [0.05, 0.1) is 24.0 Å². The molecule has 1 heterocycles. The van der Waals surface area contributed by atoms with Crippen molar-refractivity contribution in [1.82, 2.24) is 5.32 Å². The Labute approximate surface area is 147 Å². The maximum atomic E-state index is 12.3. The normalized spacial score (nSPS) is 14.5. The number of nitrogens with one attached hydrogen (secondary N) is 1. The lowest BCUT2D eigenvalue weighted by atomic mass is 10.0. The van der Waals surface area contributed by atoms with Gasteiger partial charge in [0, 0.05) is 6.42 Å². The van der Waals surface area contributed by atoms with Crippen LogP contribution >= 0.6 is 0 Å². The van der Waals surface area contributed by atoms with Gasteiger partial charge in [-0.2, -0.15) is 0 Å². The Morgan fingerprint density at radius 1 is 1.28 bits per heavy atom. The van der Waals surface area contributed by atoms with Crippen LogP contribution in [0.1, 0.15) is 29.7 Å². The summed E-state index contributed by atoms with van der Waals surface area (Å²) in [6, 6.07) is 11.7. The third-order valence-electron chi connectivity index (χ3n) is 4.18. The Hall–Kier alpha value is -2.38. The summed E-state index contributed by atoms with van der Waals surface area (Å²) in [6.45, 7) is 2.49. The Morgan fingerprint density at radius 2 is 2.08 bits per heavy atom. The van der Waals surface area contributed by atoms with Crippen molar-refractivity contribution in [2.75, 3.05) is 6.61 Å². The van der Waals surface area contributed by atoms with Gasteiger partial charge in [-0.15, -0.1) is 0 Å². The first-order valence-electron chi connectivity index (χ1n) is 7.99. The lowest BCUT2D eigenvalue weighted by Gasteiger charge is -2.15. The van der Waals surface area contributed by atoms with Crippen LogP contribution < -0.4 is 15.2 Å². The van der Waals surface area contributed by atoms with E-state index in [1.807, 2.05) is 18.2 Å². The second-order valence-electron chi connectivity index (χ2n) is 6.12. The lowest BCUT2D eigenvalue weighted by Crippen LogP contribution is -2.28. The highest BCUT2D eigenvalue weighted by Gasteiger charge is 2.16. The molecule has 6 nitrogen and oxygen atoms in total. The van der Waals surface area contributed by atoms with E-state index in [9.17, 15) is 13.2 Å². The first kappa shape index (κ1) is 17.4. The van der Waals surface area contributed by atoms with Crippen molar-refractivity contribution in [3.63, 3.8) is 0 Å². The molecular weight excluding hydrogens is 340 g/mol. The number of carbonyl (C=O) groups excluding carboxylic acids is 1. The number of hydrogen-bond acceptors (Lipinski definition) is 4. The van der Waals surface area contributed by atoms with E-state index in [0.717, 1.165) is 23.3 Å². The molecule has 1 amide bonds. The predicted molar refractivity (Wildman–Crippen MR) is 93.7 cm³/mol. The van der Waals surface area contributed by atoms with Crippen molar-refractivity contribution < 1.29 is 17.9 Å². The SMILES string of the molecule is CC(NC(=O)Cc1ccc2c(c1)CCO2)c1cccc(S(N)(=O)=O)c1. The maximum absolute atomic E-state index is 12.3. The maximum Gasteiger partial charge on any atom is 0.238 e. The van der Waals surface area contributed by atoms with Crippen molar-refractivity contribution >= 4 is 15.9 Å².